The van der Waals surface area contributed by atoms with Crippen LogP contribution in [0.2, 0.25) is 0 Å². The Morgan fingerprint density at radius 2 is 1.72 bits per heavy atom. The third-order valence-electron chi connectivity index (χ3n) is 7.25. The predicted octanol–water partition coefficient (Wildman–Crippen LogP) is 4.51. The van der Waals surface area contributed by atoms with E-state index in [4.69, 9.17) is 4.74 Å². The molecular formula is C17H30O. The van der Waals surface area contributed by atoms with E-state index in [-0.39, 0.29) is 5.60 Å². The lowest BCUT2D eigenvalue weighted by Crippen LogP contribution is -2.43. The fraction of sp³-hybridized carbons (Fsp3) is 1.00. The van der Waals surface area contributed by atoms with Gasteiger partial charge in [0.2, 0.25) is 0 Å². The molecule has 0 amide bonds. The summed E-state index contributed by atoms with van der Waals surface area (Å²) >= 11 is 0. The summed E-state index contributed by atoms with van der Waals surface area (Å²) in [5.74, 6) is 3.32. The zero-order valence-corrected chi connectivity index (χ0v) is 13.0. The van der Waals surface area contributed by atoms with Gasteiger partial charge in [0, 0.05) is 6.61 Å². The molecule has 3 fully saturated rings. The number of hydrogen-bond donors (Lipinski definition) is 0. The Labute approximate surface area is 113 Å². The van der Waals surface area contributed by atoms with E-state index in [1.165, 1.54) is 19.3 Å². The first-order valence-corrected chi connectivity index (χ1v) is 7.92. The maximum Gasteiger partial charge on any atom is 0.0751 e. The van der Waals surface area contributed by atoms with E-state index in [0.29, 0.717) is 10.8 Å². The molecular weight excluding hydrogens is 220 g/mol. The van der Waals surface area contributed by atoms with Gasteiger partial charge in [-0.1, -0.05) is 34.6 Å². The van der Waals surface area contributed by atoms with Crippen molar-refractivity contribution in [3.8, 4) is 0 Å². The molecule has 3 aliphatic rings. The van der Waals surface area contributed by atoms with Crippen molar-refractivity contribution in [2.45, 2.75) is 66.4 Å². The predicted molar refractivity (Wildman–Crippen MR) is 75.4 cm³/mol. The smallest absolute Gasteiger partial charge is 0.0751 e. The van der Waals surface area contributed by atoms with Crippen molar-refractivity contribution in [3.63, 3.8) is 0 Å². The monoisotopic (exact) mass is 250 g/mol. The van der Waals surface area contributed by atoms with E-state index in [0.717, 1.165) is 30.3 Å². The van der Waals surface area contributed by atoms with Crippen LogP contribution in [0.1, 0.15) is 60.8 Å². The second-order valence-corrected chi connectivity index (χ2v) is 8.31. The Balaban J connectivity index is 2.02. The molecule has 104 valence electrons. The van der Waals surface area contributed by atoms with Gasteiger partial charge in [-0.05, 0) is 60.7 Å². The van der Waals surface area contributed by atoms with Gasteiger partial charge in [0.25, 0.3) is 0 Å². The molecule has 3 aliphatic carbocycles. The minimum Gasteiger partial charge on any atom is -0.375 e. The van der Waals surface area contributed by atoms with Crippen molar-refractivity contribution in [1.29, 1.82) is 0 Å². The molecule has 0 saturated heterocycles. The largest absolute Gasteiger partial charge is 0.375 e. The molecule has 0 bridgehead atoms. The van der Waals surface area contributed by atoms with Gasteiger partial charge in [0.05, 0.1) is 5.60 Å². The highest BCUT2D eigenvalue weighted by atomic mass is 16.5. The van der Waals surface area contributed by atoms with Gasteiger partial charge in [0.1, 0.15) is 0 Å². The van der Waals surface area contributed by atoms with Crippen LogP contribution in [0.4, 0.5) is 0 Å². The highest BCUT2D eigenvalue weighted by Gasteiger charge is 2.73. The van der Waals surface area contributed by atoms with Gasteiger partial charge in [-0.25, -0.2) is 0 Å². The molecule has 0 aromatic heterocycles. The van der Waals surface area contributed by atoms with Crippen LogP contribution in [0.3, 0.4) is 0 Å². The summed E-state index contributed by atoms with van der Waals surface area (Å²) in [6.07, 6.45) is 4.19. The molecule has 1 nitrogen and oxygen atoms in total. The van der Waals surface area contributed by atoms with E-state index in [2.05, 4.69) is 41.5 Å². The molecule has 0 heterocycles. The third-order valence-corrected chi connectivity index (χ3v) is 7.25. The maximum absolute atomic E-state index is 6.34. The van der Waals surface area contributed by atoms with Crippen LogP contribution in [-0.4, -0.2) is 12.2 Å². The fourth-order valence-electron chi connectivity index (χ4n) is 5.98. The number of fused-ring (bicyclic) bond motifs is 3. The lowest BCUT2D eigenvalue weighted by Gasteiger charge is -2.43. The summed E-state index contributed by atoms with van der Waals surface area (Å²) in [6, 6.07) is 0. The molecule has 0 aromatic carbocycles. The van der Waals surface area contributed by atoms with Crippen LogP contribution in [0.15, 0.2) is 0 Å². The van der Waals surface area contributed by atoms with Crippen LogP contribution >= 0.6 is 0 Å². The second-order valence-electron chi connectivity index (χ2n) is 8.31. The first-order chi connectivity index (χ1) is 8.28. The average molecular weight is 250 g/mol. The number of hydrogen-bond acceptors (Lipinski definition) is 1. The van der Waals surface area contributed by atoms with Gasteiger partial charge in [-0.2, -0.15) is 0 Å². The normalized spacial score (nSPS) is 51.7. The Kier molecular flexibility index (Phi) is 2.55. The van der Waals surface area contributed by atoms with Crippen LogP contribution in [-0.2, 0) is 4.74 Å². The van der Waals surface area contributed by atoms with Crippen molar-refractivity contribution >= 4 is 0 Å². The van der Waals surface area contributed by atoms with Crippen molar-refractivity contribution in [3.05, 3.63) is 0 Å². The third kappa shape index (κ3) is 1.32. The molecule has 0 spiro atoms. The zero-order chi connectivity index (χ0) is 13.3. The van der Waals surface area contributed by atoms with E-state index >= 15 is 0 Å². The highest BCUT2D eigenvalue weighted by molar-refractivity contribution is 5.22. The van der Waals surface area contributed by atoms with Crippen molar-refractivity contribution in [1.82, 2.24) is 0 Å². The summed E-state index contributed by atoms with van der Waals surface area (Å²) in [4.78, 5) is 0. The number of ether oxygens (including phenoxy) is 1. The topological polar surface area (TPSA) is 9.23 Å². The minimum atomic E-state index is 0.267. The van der Waals surface area contributed by atoms with Crippen LogP contribution in [0.25, 0.3) is 0 Å². The summed E-state index contributed by atoms with van der Waals surface area (Å²) in [6.45, 7) is 15.6. The molecule has 3 saturated carbocycles. The maximum atomic E-state index is 6.34. The quantitative estimate of drug-likeness (QED) is 0.700. The first-order valence-electron chi connectivity index (χ1n) is 7.92. The summed E-state index contributed by atoms with van der Waals surface area (Å²) in [7, 11) is 0. The minimum absolute atomic E-state index is 0.267. The second kappa shape index (κ2) is 3.53. The van der Waals surface area contributed by atoms with Gasteiger partial charge in [-0.15, -0.1) is 0 Å². The summed E-state index contributed by atoms with van der Waals surface area (Å²) in [5.41, 5.74) is 1.17. The number of rotatable bonds is 2. The van der Waals surface area contributed by atoms with Crippen LogP contribution in [0.5, 0.6) is 0 Å². The lowest BCUT2D eigenvalue weighted by atomic mass is 9.67. The molecule has 5 unspecified atom stereocenters. The molecule has 3 rings (SSSR count). The standard InChI is InChI=1S/C17H30O/c1-7-18-17-10-12(17)8-9-13-14(17)16(5,6)11(2)15(13,3)4/h11-14H,7-10H2,1-6H3. The van der Waals surface area contributed by atoms with E-state index in [1.54, 1.807) is 0 Å². The van der Waals surface area contributed by atoms with Crippen molar-refractivity contribution in [2.75, 3.05) is 6.61 Å². The van der Waals surface area contributed by atoms with E-state index < -0.39 is 0 Å². The SMILES string of the molecule is CCOC12CC1CCC1C2C(C)(C)C(C)C1(C)C. The van der Waals surface area contributed by atoms with E-state index in [9.17, 15) is 0 Å². The molecule has 0 aromatic rings. The Morgan fingerprint density at radius 1 is 1.06 bits per heavy atom. The molecule has 0 radical (unpaired) electrons. The summed E-state index contributed by atoms with van der Waals surface area (Å²) in [5, 5.41) is 0. The Morgan fingerprint density at radius 3 is 2.33 bits per heavy atom. The molecule has 0 aliphatic heterocycles. The van der Waals surface area contributed by atoms with Crippen LogP contribution < -0.4 is 0 Å². The Hall–Kier alpha value is -0.0400. The van der Waals surface area contributed by atoms with Crippen molar-refractivity contribution in [2.24, 2.45) is 34.5 Å². The summed E-state index contributed by atoms with van der Waals surface area (Å²) < 4.78 is 6.34. The van der Waals surface area contributed by atoms with Gasteiger partial charge >= 0.3 is 0 Å². The fourth-order valence-corrected chi connectivity index (χ4v) is 5.98. The Bertz CT molecular complexity index is 357. The molecule has 5 atom stereocenters. The average Bonchev–Trinajstić information content (AvgIpc) is 2.96. The first kappa shape index (κ1) is 13.0. The lowest BCUT2D eigenvalue weighted by molar-refractivity contribution is -0.0821. The van der Waals surface area contributed by atoms with Crippen LogP contribution in [0, 0.1) is 34.5 Å². The molecule has 1 heteroatoms. The van der Waals surface area contributed by atoms with Gasteiger partial charge in [0.15, 0.2) is 0 Å². The van der Waals surface area contributed by atoms with Gasteiger partial charge in [-0.3, -0.25) is 0 Å². The van der Waals surface area contributed by atoms with E-state index in [1.807, 2.05) is 0 Å². The molecule has 0 N–H and O–H groups in total. The molecule has 18 heavy (non-hydrogen) atoms. The van der Waals surface area contributed by atoms with Gasteiger partial charge < -0.3 is 4.74 Å². The van der Waals surface area contributed by atoms with Crippen molar-refractivity contribution < 1.29 is 4.74 Å². The highest BCUT2D eigenvalue weighted by Crippen LogP contribution is 2.74. The zero-order valence-electron chi connectivity index (χ0n) is 13.0.